The van der Waals surface area contributed by atoms with Crippen LogP contribution >= 0.6 is 11.6 Å². The summed E-state index contributed by atoms with van der Waals surface area (Å²) in [6.45, 7) is 3.35. The number of piperidine rings is 1. The van der Waals surface area contributed by atoms with E-state index in [0.29, 0.717) is 28.8 Å². The fourth-order valence-corrected chi connectivity index (χ4v) is 3.58. The molecule has 1 saturated heterocycles. The van der Waals surface area contributed by atoms with E-state index in [1.165, 1.54) is 0 Å². The Bertz CT molecular complexity index is 952. The van der Waals surface area contributed by atoms with Crippen molar-refractivity contribution in [2.75, 3.05) is 13.1 Å². The van der Waals surface area contributed by atoms with Crippen molar-refractivity contribution in [3.63, 3.8) is 0 Å². The normalized spacial score (nSPS) is 17.1. The van der Waals surface area contributed by atoms with Gasteiger partial charge >= 0.3 is 0 Å². The van der Waals surface area contributed by atoms with E-state index >= 15 is 0 Å². The predicted molar refractivity (Wildman–Crippen MR) is 104 cm³/mol. The third kappa shape index (κ3) is 3.88. The van der Waals surface area contributed by atoms with Crippen LogP contribution in [0.1, 0.15) is 40.6 Å². The van der Waals surface area contributed by atoms with Crippen molar-refractivity contribution < 1.29 is 9.32 Å². The fourth-order valence-electron chi connectivity index (χ4n) is 3.39. The Kier molecular flexibility index (Phi) is 4.94. The molecule has 0 saturated carbocycles. The lowest BCUT2D eigenvalue weighted by Crippen LogP contribution is -2.39. The monoisotopic (exact) mass is 381 g/mol. The molecule has 0 N–H and O–H groups in total. The molecule has 6 heteroatoms. The summed E-state index contributed by atoms with van der Waals surface area (Å²) in [7, 11) is 0. The molecule has 0 radical (unpaired) electrons. The second-order valence-corrected chi connectivity index (χ2v) is 7.36. The van der Waals surface area contributed by atoms with E-state index in [4.69, 9.17) is 16.1 Å². The van der Waals surface area contributed by atoms with E-state index in [1.807, 2.05) is 60.4 Å². The van der Waals surface area contributed by atoms with Gasteiger partial charge < -0.3 is 9.42 Å². The maximum absolute atomic E-state index is 12.8. The van der Waals surface area contributed by atoms with Gasteiger partial charge in [-0.15, -0.1) is 0 Å². The Balaban J connectivity index is 1.50. The molecular weight excluding hydrogens is 362 g/mol. The minimum Gasteiger partial charge on any atom is -0.339 e. The third-order valence-corrected chi connectivity index (χ3v) is 5.12. The van der Waals surface area contributed by atoms with Crippen LogP contribution in [-0.2, 0) is 0 Å². The lowest BCUT2D eigenvalue weighted by molar-refractivity contribution is 0.0695. The van der Waals surface area contributed by atoms with E-state index in [9.17, 15) is 4.79 Å². The molecule has 0 unspecified atom stereocenters. The van der Waals surface area contributed by atoms with Crippen molar-refractivity contribution >= 4 is 17.5 Å². The molecule has 2 heterocycles. The lowest BCUT2D eigenvalue weighted by atomic mass is 9.97. The number of amides is 1. The molecular formula is C21H20ClN3O2. The van der Waals surface area contributed by atoms with Gasteiger partial charge in [-0.3, -0.25) is 4.79 Å². The zero-order chi connectivity index (χ0) is 18.8. The molecule has 0 bridgehead atoms. The number of likely N-dealkylation sites (tertiary alicyclic amines) is 1. The van der Waals surface area contributed by atoms with Gasteiger partial charge in [0, 0.05) is 29.2 Å². The molecule has 1 aromatic heterocycles. The molecule has 27 heavy (non-hydrogen) atoms. The minimum absolute atomic E-state index is 0.0496. The second-order valence-electron chi connectivity index (χ2n) is 6.92. The number of rotatable bonds is 3. The van der Waals surface area contributed by atoms with Crippen LogP contribution in [0.3, 0.4) is 0 Å². The van der Waals surface area contributed by atoms with Crippen LogP contribution in [-0.4, -0.2) is 34.0 Å². The molecule has 138 valence electrons. The average Bonchev–Trinajstić information content (AvgIpc) is 3.18. The van der Waals surface area contributed by atoms with Gasteiger partial charge in [0.1, 0.15) is 0 Å². The van der Waals surface area contributed by atoms with Crippen LogP contribution in [0.2, 0.25) is 5.02 Å². The highest BCUT2D eigenvalue weighted by atomic mass is 35.5. The van der Waals surface area contributed by atoms with Gasteiger partial charge in [0.15, 0.2) is 0 Å². The molecule has 1 aliphatic rings. The highest BCUT2D eigenvalue weighted by molar-refractivity contribution is 6.30. The summed E-state index contributed by atoms with van der Waals surface area (Å²) < 4.78 is 5.51. The van der Waals surface area contributed by atoms with Gasteiger partial charge in [-0.1, -0.05) is 46.6 Å². The van der Waals surface area contributed by atoms with Crippen LogP contribution in [0.4, 0.5) is 0 Å². The Labute approximate surface area is 163 Å². The maximum atomic E-state index is 12.8. The van der Waals surface area contributed by atoms with Crippen LogP contribution in [0.15, 0.2) is 53.1 Å². The zero-order valence-corrected chi connectivity index (χ0v) is 15.8. The maximum Gasteiger partial charge on any atom is 0.253 e. The first kappa shape index (κ1) is 17.7. The summed E-state index contributed by atoms with van der Waals surface area (Å²) in [4.78, 5) is 19.2. The highest BCUT2D eigenvalue weighted by Gasteiger charge is 2.29. The summed E-state index contributed by atoms with van der Waals surface area (Å²) in [5.74, 6) is 1.20. The summed E-state index contributed by atoms with van der Waals surface area (Å²) in [5, 5.41) is 4.72. The van der Waals surface area contributed by atoms with E-state index in [0.717, 1.165) is 30.5 Å². The minimum atomic E-state index is 0.0496. The van der Waals surface area contributed by atoms with Crippen molar-refractivity contribution in [1.82, 2.24) is 15.0 Å². The van der Waals surface area contributed by atoms with Gasteiger partial charge in [-0.05, 0) is 44.0 Å². The molecule has 0 spiro atoms. The standard InChI is InChI=1S/C21H20ClN3O2/c1-14-7-9-15(10-8-14)21(26)25-11-3-5-17(13-25)20-23-19(24-27-20)16-4-2-6-18(22)12-16/h2,4,6-10,12,17H,3,5,11,13H2,1H3/t17-/m0/s1. The number of halogens is 1. The number of nitrogens with zero attached hydrogens (tertiary/aromatic N) is 3. The first-order valence-corrected chi connectivity index (χ1v) is 9.43. The molecule has 1 atom stereocenters. The van der Waals surface area contributed by atoms with E-state index < -0.39 is 0 Å². The SMILES string of the molecule is Cc1ccc(C(=O)N2CCC[C@H](c3nc(-c4cccc(Cl)c4)no3)C2)cc1. The third-order valence-electron chi connectivity index (χ3n) is 4.88. The van der Waals surface area contributed by atoms with Crippen molar-refractivity contribution in [2.45, 2.75) is 25.7 Å². The smallest absolute Gasteiger partial charge is 0.253 e. The van der Waals surface area contributed by atoms with Crippen molar-refractivity contribution in [3.8, 4) is 11.4 Å². The molecule has 1 aliphatic heterocycles. The molecule has 2 aromatic carbocycles. The Morgan fingerprint density at radius 2 is 2.04 bits per heavy atom. The molecule has 3 aromatic rings. The summed E-state index contributed by atoms with van der Waals surface area (Å²) in [5.41, 5.74) is 2.68. The largest absolute Gasteiger partial charge is 0.339 e. The van der Waals surface area contributed by atoms with Gasteiger partial charge in [0.05, 0.1) is 5.92 Å². The van der Waals surface area contributed by atoms with Crippen LogP contribution < -0.4 is 0 Å². The summed E-state index contributed by atoms with van der Waals surface area (Å²) >= 11 is 6.04. The molecule has 0 aliphatic carbocycles. The average molecular weight is 382 g/mol. The van der Waals surface area contributed by atoms with Crippen LogP contribution in [0.25, 0.3) is 11.4 Å². The predicted octanol–water partition coefficient (Wildman–Crippen LogP) is 4.72. The topological polar surface area (TPSA) is 59.2 Å². The molecule has 1 amide bonds. The number of carbonyl (C=O) groups is 1. The fraction of sp³-hybridized carbons (Fsp3) is 0.286. The number of hydrogen-bond acceptors (Lipinski definition) is 4. The number of benzene rings is 2. The highest BCUT2D eigenvalue weighted by Crippen LogP contribution is 2.29. The second kappa shape index (κ2) is 7.53. The van der Waals surface area contributed by atoms with Gasteiger partial charge in [0.2, 0.25) is 11.7 Å². The quantitative estimate of drug-likeness (QED) is 0.658. The van der Waals surface area contributed by atoms with Crippen molar-refractivity contribution in [3.05, 3.63) is 70.6 Å². The van der Waals surface area contributed by atoms with Crippen LogP contribution in [0.5, 0.6) is 0 Å². The molecule has 4 rings (SSSR count). The number of hydrogen-bond donors (Lipinski definition) is 0. The number of aryl methyl sites for hydroxylation is 1. The Morgan fingerprint density at radius 1 is 1.22 bits per heavy atom. The van der Waals surface area contributed by atoms with Crippen molar-refractivity contribution in [1.29, 1.82) is 0 Å². The Hall–Kier alpha value is -2.66. The first-order chi connectivity index (χ1) is 13.1. The van der Waals surface area contributed by atoms with Crippen LogP contribution in [0, 0.1) is 6.92 Å². The molecule has 5 nitrogen and oxygen atoms in total. The summed E-state index contributed by atoms with van der Waals surface area (Å²) in [6, 6.07) is 15.1. The van der Waals surface area contributed by atoms with Gasteiger partial charge in [0.25, 0.3) is 5.91 Å². The number of aromatic nitrogens is 2. The van der Waals surface area contributed by atoms with E-state index in [1.54, 1.807) is 0 Å². The zero-order valence-electron chi connectivity index (χ0n) is 15.1. The van der Waals surface area contributed by atoms with E-state index in [-0.39, 0.29) is 11.8 Å². The van der Waals surface area contributed by atoms with Crippen molar-refractivity contribution in [2.24, 2.45) is 0 Å². The van der Waals surface area contributed by atoms with E-state index in [2.05, 4.69) is 10.1 Å². The number of carbonyl (C=O) groups excluding carboxylic acids is 1. The summed E-state index contributed by atoms with van der Waals surface area (Å²) in [6.07, 6.45) is 1.84. The lowest BCUT2D eigenvalue weighted by Gasteiger charge is -2.31. The van der Waals surface area contributed by atoms with Gasteiger partial charge in [-0.2, -0.15) is 4.98 Å². The Morgan fingerprint density at radius 3 is 2.81 bits per heavy atom. The molecule has 1 fully saturated rings. The van der Waals surface area contributed by atoms with Gasteiger partial charge in [-0.25, -0.2) is 0 Å². The first-order valence-electron chi connectivity index (χ1n) is 9.05.